The number of H-pyrrole nitrogens is 1. The Labute approximate surface area is 140 Å². The number of carbonyl (C=O) groups is 1. The maximum atomic E-state index is 12.2. The topological polar surface area (TPSA) is 83.0 Å². The fraction of sp³-hybridized carbons (Fsp3) is 0.471. The standard InChI is InChI=1S/C17H23N5O2/c1-12-8-17(21(2)20-12)22-7-3-4-14(11-22)19-16(24)10-13-5-6-18-15(23)9-13/h5-6,8-9,14H,3-4,7,10-11H2,1-2H3,(H,18,23)(H,19,24). The predicted molar refractivity (Wildman–Crippen MR) is 92.1 cm³/mol. The molecule has 24 heavy (non-hydrogen) atoms. The molecule has 0 saturated carbocycles. The molecule has 1 unspecified atom stereocenters. The van der Waals surface area contributed by atoms with E-state index in [-0.39, 0.29) is 23.9 Å². The molecule has 3 rings (SSSR count). The summed E-state index contributed by atoms with van der Waals surface area (Å²) in [6.45, 7) is 3.73. The van der Waals surface area contributed by atoms with Gasteiger partial charge in [0.05, 0.1) is 12.1 Å². The van der Waals surface area contributed by atoms with Gasteiger partial charge in [0, 0.05) is 44.5 Å². The number of piperidine rings is 1. The van der Waals surface area contributed by atoms with Gasteiger partial charge in [0.2, 0.25) is 11.5 Å². The van der Waals surface area contributed by atoms with E-state index in [1.54, 1.807) is 12.3 Å². The van der Waals surface area contributed by atoms with E-state index in [1.807, 2.05) is 18.7 Å². The molecule has 7 heteroatoms. The number of nitrogens with one attached hydrogen (secondary N) is 2. The third-order valence-electron chi connectivity index (χ3n) is 4.29. The van der Waals surface area contributed by atoms with Crippen molar-refractivity contribution in [1.82, 2.24) is 20.1 Å². The van der Waals surface area contributed by atoms with E-state index in [4.69, 9.17) is 0 Å². The van der Waals surface area contributed by atoms with Crippen molar-refractivity contribution in [3.05, 3.63) is 46.0 Å². The fourth-order valence-electron chi connectivity index (χ4n) is 3.26. The Bertz CT molecular complexity index is 779. The first-order valence-corrected chi connectivity index (χ1v) is 8.24. The first-order chi connectivity index (χ1) is 11.5. The minimum absolute atomic E-state index is 0.0476. The van der Waals surface area contributed by atoms with Gasteiger partial charge < -0.3 is 15.2 Å². The second-order valence-electron chi connectivity index (χ2n) is 6.36. The summed E-state index contributed by atoms with van der Waals surface area (Å²) in [6, 6.07) is 5.40. The second kappa shape index (κ2) is 6.90. The minimum Gasteiger partial charge on any atom is -0.355 e. The van der Waals surface area contributed by atoms with Crippen molar-refractivity contribution < 1.29 is 4.79 Å². The molecule has 3 heterocycles. The molecule has 2 aromatic heterocycles. The third-order valence-corrected chi connectivity index (χ3v) is 4.29. The van der Waals surface area contributed by atoms with Crippen LogP contribution in [0.2, 0.25) is 0 Å². The van der Waals surface area contributed by atoms with Crippen molar-refractivity contribution in [2.75, 3.05) is 18.0 Å². The van der Waals surface area contributed by atoms with Gasteiger partial charge in [-0.05, 0) is 31.4 Å². The van der Waals surface area contributed by atoms with Gasteiger partial charge in [-0.25, -0.2) is 0 Å². The molecule has 0 aliphatic carbocycles. The molecule has 0 spiro atoms. The number of anilines is 1. The average Bonchev–Trinajstić information content (AvgIpc) is 2.86. The van der Waals surface area contributed by atoms with Gasteiger partial charge in [0.15, 0.2) is 0 Å². The number of aromatic nitrogens is 3. The molecule has 1 aliphatic rings. The molecule has 7 nitrogen and oxygen atoms in total. The zero-order valence-corrected chi connectivity index (χ0v) is 14.1. The Hall–Kier alpha value is -2.57. The summed E-state index contributed by atoms with van der Waals surface area (Å²) in [4.78, 5) is 28.4. The van der Waals surface area contributed by atoms with Crippen LogP contribution in [0.25, 0.3) is 0 Å². The average molecular weight is 329 g/mol. The molecule has 2 N–H and O–H groups in total. The van der Waals surface area contributed by atoms with Gasteiger partial charge in [-0.3, -0.25) is 14.3 Å². The van der Waals surface area contributed by atoms with Crippen molar-refractivity contribution in [2.45, 2.75) is 32.2 Å². The number of nitrogens with zero attached hydrogens (tertiary/aromatic N) is 3. The van der Waals surface area contributed by atoms with E-state index in [0.717, 1.165) is 43.0 Å². The van der Waals surface area contributed by atoms with E-state index in [2.05, 4.69) is 26.4 Å². The molecule has 1 fully saturated rings. The Kier molecular flexibility index (Phi) is 4.69. The molecule has 1 atom stereocenters. The molecule has 128 valence electrons. The number of carbonyl (C=O) groups excluding carboxylic acids is 1. The van der Waals surface area contributed by atoms with Crippen molar-refractivity contribution in [3.63, 3.8) is 0 Å². The minimum atomic E-state index is -0.185. The third kappa shape index (κ3) is 3.84. The Morgan fingerprint density at radius 2 is 2.29 bits per heavy atom. The highest BCUT2D eigenvalue weighted by Gasteiger charge is 2.23. The highest BCUT2D eigenvalue weighted by Crippen LogP contribution is 2.20. The number of aromatic amines is 1. The lowest BCUT2D eigenvalue weighted by molar-refractivity contribution is -0.121. The van der Waals surface area contributed by atoms with Crippen LogP contribution in [0.15, 0.2) is 29.2 Å². The summed E-state index contributed by atoms with van der Waals surface area (Å²) in [5.41, 5.74) is 1.54. The smallest absolute Gasteiger partial charge is 0.248 e. The summed E-state index contributed by atoms with van der Waals surface area (Å²) in [7, 11) is 1.94. The number of pyridine rings is 1. The SMILES string of the molecule is Cc1cc(N2CCCC(NC(=O)Cc3cc[nH]c(=O)c3)C2)n(C)n1. The normalized spacial score (nSPS) is 17.8. The van der Waals surface area contributed by atoms with Crippen LogP contribution in [0.5, 0.6) is 0 Å². The lowest BCUT2D eigenvalue weighted by atomic mass is 10.0. The molecule has 1 amide bonds. The molecular weight excluding hydrogens is 306 g/mol. The largest absolute Gasteiger partial charge is 0.355 e. The molecular formula is C17H23N5O2. The van der Waals surface area contributed by atoms with Crippen LogP contribution in [0, 0.1) is 6.92 Å². The maximum absolute atomic E-state index is 12.2. The van der Waals surface area contributed by atoms with E-state index < -0.39 is 0 Å². The van der Waals surface area contributed by atoms with Crippen molar-refractivity contribution in [2.24, 2.45) is 7.05 Å². The van der Waals surface area contributed by atoms with Gasteiger partial charge in [-0.15, -0.1) is 0 Å². The van der Waals surface area contributed by atoms with Crippen LogP contribution in [-0.4, -0.2) is 39.8 Å². The highest BCUT2D eigenvalue weighted by atomic mass is 16.1. The zero-order chi connectivity index (χ0) is 17.1. The van der Waals surface area contributed by atoms with Gasteiger partial charge in [-0.1, -0.05) is 0 Å². The molecule has 1 aliphatic heterocycles. The summed E-state index contributed by atoms with van der Waals surface area (Å²) in [6.07, 6.45) is 3.79. The summed E-state index contributed by atoms with van der Waals surface area (Å²) in [5, 5.41) is 7.48. The quantitative estimate of drug-likeness (QED) is 0.867. The Balaban J connectivity index is 1.60. The number of hydrogen-bond acceptors (Lipinski definition) is 4. The molecule has 1 saturated heterocycles. The van der Waals surface area contributed by atoms with E-state index in [0.29, 0.717) is 0 Å². The lowest BCUT2D eigenvalue weighted by Crippen LogP contribution is -2.48. The number of amides is 1. The summed E-state index contributed by atoms with van der Waals surface area (Å²) in [5.74, 6) is 1.04. The summed E-state index contributed by atoms with van der Waals surface area (Å²) < 4.78 is 1.88. The van der Waals surface area contributed by atoms with Crippen LogP contribution >= 0.6 is 0 Å². The molecule has 0 aromatic carbocycles. The maximum Gasteiger partial charge on any atom is 0.248 e. The van der Waals surface area contributed by atoms with Crippen molar-refractivity contribution >= 4 is 11.7 Å². The predicted octanol–water partition coefficient (Wildman–Crippen LogP) is 0.745. The second-order valence-corrected chi connectivity index (χ2v) is 6.36. The van der Waals surface area contributed by atoms with E-state index >= 15 is 0 Å². The summed E-state index contributed by atoms with van der Waals surface area (Å²) >= 11 is 0. The van der Waals surface area contributed by atoms with Gasteiger partial charge in [0.25, 0.3) is 0 Å². The Morgan fingerprint density at radius 3 is 3.00 bits per heavy atom. The first kappa shape index (κ1) is 16.3. The van der Waals surface area contributed by atoms with E-state index in [9.17, 15) is 9.59 Å². The monoisotopic (exact) mass is 329 g/mol. The highest BCUT2D eigenvalue weighted by molar-refractivity contribution is 5.78. The van der Waals surface area contributed by atoms with Gasteiger partial charge >= 0.3 is 0 Å². The van der Waals surface area contributed by atoms with Crippen molar-refractivity contribution in [3.8, 4) is 0 Å². The number of hydrogen-bond donors (Lipinski definition) is 2. The van der Waals surface area contributed by atoms with E-state index in [1.165, 1.54) is 6.07 Å². The first-order valence-electron chi connectivity index (χ1n) is 8.24. The Morgan fingerprint density at radius 1 is 1.46 bits per heavy atom. The number of rotatable bonds is 4. The van der Waals surface area contributed by atoms with Crippen LogP contribution in [0.3, 0.4) is 0 Å². The van der Waals surface area contributed by atoms with Crippen molar-refractivity contribution in [1.29, 1.82) is 0 Å². The van der Waals surface area contributed by atoms with Crippen LogP contribution in [0.4, 0.5) is 5.82 Å². The molecule has 0 bridgehead atoms. The lowest BCUT2D eigenvalue weighted by Gasteiger charge is -2.34. The van der Waals surface area contributed by atoms with Gasteiger partial charge in [-0.2, -0.15) is 5.10 Å². The van der Waals surface area contributed by atoms with Crippen LogP contribution in [-0.2, 0) is 18.3 Å². The zero-order valence-electron chi connectivity index (χ0n) is 14.1. The van der Waals surface area contributed by atoms with Gasteiger partial charge in [0.1, 0.15) is 5.82 Å². The van der Waals surface area contributed by atoms with Crippen LogP contribution in [0.1, 0.15) is 24.1 Å². The molecule has 2 aromatic rings. The molecule has 0 radical (unpaired) electrons. The van der Waals surface area contributed by atoms with Crippen LogP contribution < -0.4 is 15.8 Å². The fourth-order valence-corrected chi connectivity index (χ4v) is 3.26. The number of aryl methyl sites for hydroxylation is 2.